The van der Waals surface area contributed by atoms with Gasteiger partial charge in [0.2, 0.25) is 10.0 Å². The number of methoxy groups -OCH3 is 1. The molecule has 5 nitrogen and oxygen atoms in total. The minimum absolute atomic E-state index is 0.120. The minimum atomic E-state index is -3.62. The molecular formula is C13H16ClNO4S. The summed E-state index contributed by atoms with van der Waals surface area (Å²) in [5, 5.41) is 0.248. The minimum Gasteiger partial charge on any atom is -0.495 e. The Hall–Kier alpha value is -1.11. The largest absolute Gasteiger partial charge is 0.495 e. The van der Waals surface area contributed by atoms with Gasteiger partial charge in [-0.15, -0.1) is 0 Å². The molecule has 1 aromatic carbocycles. The number of ether oxygens (including phenoxy) is 1. The van der Waals surface area contributed by atoms with E-state index in [4.69, 9.17) is 16.3 Å². The SMILES string of the molecule is COc1ccc(S(=O)(=O)N2CCCC(C=O)C2)cc1Cl. The molecule has 1 aromatic rings. The number of halogens is 1. The predicted molar refractivity (Wildman–Crippen MR) is 75.6 cm³/mol. The molecule has 1 heterocycles. The highest BCUT2D eigenvalue weighted by Crippen LogP contribution is 2.29. The molecule has 1 aliphatic heterocycles. The number of aldehydes is 1. The highest BCUT2D eigenvalue weighted by atomic mass is 35.5. The number of sulfonamides is 1. The fourth-order valence-electron chi connectivity index (χ4n) is 2.26. The zero-order valence-corrected chi connectivity index (χ0v) is 12.7. The molecule has 1 fully saturated rings. The Morgan fingerprint density at radius 2 is 2.20 bits per heavy atom. The summed E-state index contributed by atoms with van der Waals surface area (Å²) in [6.45, 7) is 0.659. The Bertz CT molecular complexity index is 602. The van der Waals surface area contributed by atoms with Crippen molar-refractivity contribution in [2.75, 3.05) is 20.2 Å². The summed E-state index contributed by atoms with van der Waals surface area (Å²) in [5.41, 5.74) is 0. The summed E-state index contributed by atoms with van der Waals surface area (Å²) >= 11 is 5.97. The zero-order chi connectivity index (χ0) is 14.8. The number of hydrogen-bond acceptors (Lipinski definition) is 4. The van der Waals surface area contributed by atoms with Crippen LogP contribution in [0.4, 0.5) is 0 Å². The van der Waals surface area contributed by atoms with E-state index >= 15 is 0 Å². The maximum Gasteiger partial charge on any atom is 0.243 e. The smallest absolute Gasteiger partial charge is 0.243 e. The fourth-order valence-corrected chi connectivity index (χ4v) is 4.14. The van der Waals surface area contributed by atoms with Crippen LogP contribution >= 0.6 is 11.6 Å². The van der Waals surface area contributed by atoms with Crippen LogP contribution in [0.1, 0.15) is 12.8 Å². The number of carbonyl (C=O) groups is 1. The monoisotopic (exact) mass is 317 g/mol. The first-order valence-electron chi connectivity index (χ1n) is 6.28. The fraction of sp³-hybridized carbons (Fsp3) is 0.462. The molecule has 0 amide bonds. The van der Waals surface area contributed by atoms with Crippen LogP contribution in [0.15, 0.2) is 23.1 Å². The Morgan fingerprint density at radius 3 is 2.80 bits per heavy atom. The van der Waals surface area contributed by atoms with Crippen molar-refractivity contribution in [2.45, 2.75) is 17.7 Å². The quantitative estimate of drug-likeness (QED) is 0.796. The van der Waals surface area contributed by atoms with Gasteiger partial charge in [-0.3, -0.25) is 0 Å². The maximum absolute atomic E-state index is 12.5. The van der Waals surface area contributed by atoms with Crippen LogP contribution < -0.4 is 4.74 Å². The number of nitrogens with zero attached hydrogens (tertiary/aromatic N) is 1. The summed E-state index contributed by atoms with van der Waals surface area (Å²) < 4.78 is 31.4. The van der Waals surface area contributed by atoms with E-state index in [2.05, 4.69) is 0 Å². The maximum atomic E-state index is 12.5. The molecule has 110 valence electrons. The summed E-state index contributed by atoms with van der Waals surface area (Å²) in [4.78, 5) is 11.0. The van der Waals surface area contributed by atoms with Gasteiger partial charge in [0.1, 0.15) is 12.0 Å². The normalized spacial score (nSPS) is 20.6. The van der Waals surface area contributed by atoms with E-state index in [1.807, 2.05) is 0 Å². The van der Waals surface area contributed by atoms with Crippen LogP contribution in [-0.4, -0.2) is 39.2 Å². The van der Waals surface area contributed by atoms with Crippen LogP contribution in [0.25, 0.3) is 0 Å². The molecular weight excluding hydrogens is 302 g/mol. The van der Waals surface area contributed by atoms with E-state index in [1.54, 1.807) is 0 Å². The van der Waals surface area contributed by atoms with Crippen molar-refractivity contribution in [3.8, 4) is 5.75 Å². The standard InChI is InChI=1S/C13H16ClNO4S/c1-19-13-5-4-11(7-12(13)14)20(17,18)15-6-2-3-10(8-15)9-16/h4-5,7,9-10H,2-3,6,8H2,1H3. The van der Waals surface area contributed by atoms with Crippen molar-refractivity contribution < 1.29 is 17.9 Å². The number of benzene rings is 1. The third-order valence-electron chi connectivity index (χ3n) is 3.37. The molecule has 0 aliphatic carbocycles. The summed E-state index contributed by atoms with van der Waals surface area (Å²) in [6.07, 6.45) is 2.24. The van der Waals surface area contributed by atoms with Gasteiger partial charge in [-0.25, -0.2) is 8.42 Å². The molecule has 1 aliphatic rings. The summed E-state index contributed by atoms with van der Waals surface area (Å²) in [5.74, 6) is 0.197. The first-order valence-corrected chi connectivity index (χ1v) is 8.10. The van der Waals surface area contributed by atoms with Gasteiger partial charge in [0.05, 0.1) is 17.0 Å². The van der Waals surface area contributed by atoms with Crippen molar-refractivity contribution >= 4 is 27.9 Å². The van der Waals surface area contributed by atoms with Crippen LogP contribution in [0.5, 0.6) is 5.75 Å². The zero-order valence-electron chi connectivity index (χ0n) is 11.1. The Balaban J connectivity index is 2.30. The van der Waals surface area contributed by atoms with Crippen molar-refractivity contribution in [3.05, 3.63) is 23.2 Å². The highest BCUT2D eigenvalue weighted by Gasteiger charge is 2.30. The van der Waals surface area contributed by atoms with E-state index in [0.717, 1.165) is 12.7 Å². The Morgan fingerprint density at radius 1 is 1.45 bits per heavy atom. The third kappa shape index (κ3) is 2.97. The summed E-state index contributed by atoms with van der Waals surface area (Å²) in [7, 11) is -2.15. The molecule has 0 N–H and O–H groups in total. The van der Waals surface area contributed by atoms with Gasteiger partial charge in [0.25, 0.3) is 0 Å². The van der Waals surface area contributed by atoms with E-state index in [9.17, 15) is 13.2 Å². The topological polar surface area (TPSA) is 63.7 Å². The molecule has 0 bridgehead atoms. The lowest BCUT2D eigenvalue weighted by molar-refractivity contribution is -0.112. The number of hydrogen-bond donors (Lipinski definition) is 0. The van der Waals surface area contributed by atoms with E-state index in [-0.39, 0.29) is 22.4 Å². The average molecular weight is 318 g/mol. The molecule has 0 spiro atoms. The van der Waals surface area contributed by atoms with E-state index < -0.39 is 10.0 Å². The van der Waals surface area contributed by atoms with Crippen molar-refractivity contribution in [2.24, 2.45) is 5.92 Å². The van der Waals surface area contributed by atoms with Crippen LogP contribution in [0, 0.1) is 5.92 Å². The molecule has 1 saturated heterocycles. The second-order valence-electron chi connectivity index (χ2n) is 4.70. The average Bonchev–Trinajstić information content (AvgIpc) is 2.47. The lowest BCUT2D eigenvalue weighted by atomic mass is 10.0. The van der Waals surface area contributed by atoms with Gasteiger partial charge < -0.3 is 9.53 Å². The van der Waals surface area contributed by atoms with Gasteiger partial charge in [0.15, 0.2) is 0 Å². The molecule has 1 atom stereocenters. The van der Waals surface area contributed by atoms with Crippen LogP contribution in [-0.2, 0) is 14.8 Å². The molecule has 2 rings (SSSR count). The lowest BCUT2D eigenvalue weighted by Gasteiger charge is -2.29. The second kappa shape index (κ2) is 6.11. The Labute approximate surface area is 123 Å². The molecule has 20 heavy (non-hydrogen) atoms. The van der Waals surface area contributed by atoms with Crippen molar-refractivity contribution in [3.63, 3.8) is 0 Å². The molecule has 0 radical (unpaired) electrons. The molecule has 1 unspecified atom stereocenters. The number of carbonyl (C=O) groups excluding carboxylic acids is 1. The highest BCUT2D eigenvalue weighted by molar-refractivity contribution is 7.89. The first kappa shape index (κ1) is 15.3. The lowest BCUT2D eigenvalue weighted by Crippen LogP contribution is -2.40. The van der Waals surface area contributed by atoms with Gasteiger partial charge >= 0.3 is 0 Å². The number of piperidine rings is 1. The molecule has 7 heteroatoms. The number of rotatable bonds is 4. The second-order valence-corrected chi connectivity index (χ2v) is 7.04. The van der Waals surface area contributed by atoms with E-state index in [1.165, 1.54) is 29.6 Å². The van der Waals surface area contributed by atoms with Crippen LogP contribution in [0.2, 0.25) is 5.02 Å². The third-order valence-corrected chi connectivity index (χ3v) is 5.53. The van der Waals surface area contributed by atoms with Crippen molar-refractivity contribution in [1.82, 2.24) is 4.31 Å². The van der Waals surface area contributed by atoms with Gasteiger partial charge in [0, 0.05) is 19.0 Å². The Kier molecular flexibility index (Phi) is 4.67. The van der Waals surface area contributed by atoms with Gasteiger partial charge in [-0.05, 0) is 31.0 Å². The van der Waals surface area contributed by atoms with Crippen LogP contribution in [0.3, 0.4) is 0 Å². The molecule has 0 aromatic heterocycles. The van der Waals surface area contributed by atoms with E-state index in [0.29, 0.717) is 18.7 Å². The first-order chi connectivity index (χ1) is 9.48. The molecule has 0 saturated carbocycles. The summed E-state index contributed by atoms with van der Waals surface area (Å²) in [6, 6.07) is 4.36. The predicted octanol–water partition coefficient (Wildman–Crippen LogP) is 1.95. The van der Waals surface area contributed by atoms with Gasteiger partial charge in [-0.1, -0.05) is 11.6 Å². The van der Waals surface area contributed by atoms with Crippen molar-refractivity contribution in [1.29, 1.82) is 0 Å². The van der Waals surface area contributed by atoms with Gasteiger partial charge in [-0.2, -0.15) is 4.31 Å².